The lowest BCUT2D eigenvalue weighted by Crippen LogP contribution is -2.28. The van der Waals surface area contributed by atoms with Crippen molar-refractivity contribution in [1.82, 2.24) is 15.1 Å². The van der Waals surface area contributed by atoms with Crippen LogP contribution in [0.25, 0.3) is 0 Å². The van der Waals surface area contributed by atoms with Crippen molar-refractivity contribution in [2.24, 2.45) is 0 Å². The summed E-state index contributed by atoms with van der Waals surface area (Å²) in [5, 5.41) is 8.01. The summed E-state index contributed by atoms with van der Waals surface area (Å²) in [6.45, 7) is 2.33. The van der Waals surface area contributed by atoms with Crippen molar-refractivity contribution in [2.45, 2.75) is 50.5 Å². The minimum absolute atomic E-state index is 0.694. The molecule has 2 heterocycles. The van der Waals surface area contributed by atoms with Crippen LogP contribution in [0.15, 0.2) is 12.3 Å². The Balaban J connectivity index is 1.80. The minimum atomic E-state index is 0.694. The van der Waals surface area contributed by atoms with Crippen molar-refractivity contribution in [3.8, 4) is 0 Å². The van der Waals surface area contributed by atoms with Crippen LogP contribution in [0.1, 0.15) is 56.2 Å². The molecule has 2 aliphatic rings. The van der Waals surface area contributed by atoms with Crippen LogP contribution < -0.4 is 5.32 Å². The van der Waals surface area contributed by atoms with E-state index in [9.17, 15) is 0 Å². The second-order valence-corrected chi connectivity index (χ2v) is 5.16. The van der Waals surface area contributed by atoms with Gasteiger partial charge in [0.2, 0.25) is 0 Å². The van der Waals surface area contributed by atoms with Gasteiger partial charge in [-0.05, 0) is 44.8 Å². The normalized spacial score (nSPS) is 24.0. The first-order valence-electron chi connectivity index (χ1n) is 6.69. The Morgan fingerprint density at radius 1 is 1.12 bits per heavy atom. The molecule has 1 saturated heterocycles. The number of nitrogens with zero attached hydrogens (tertiary/aromatic N) is 2. The zero-order valence-electron chi connectivity index (χ0n) is 9.86. The Bertz CT molecular complexity index is 333. The summed E-state index contributed by atoms with van der Waals surface area (Å²) in [4.78, 5) is 0. The third-order valence-corrected chi connectivity index (χ3v) is 4.13. The van der Waals surface area contributed by atoms with Gasteiger partial charge in [-0.15, -0.1) is 0 Å². The van der Waals surface area contributed by atoms with E-state index in [-0.39, 0.29) is 0 Å². The maximum absolute atomic E-state index is 4.57. The summed E-state index contributed by atoms with van der Waals surface area (Å²) in [6, 6.07) is 2.94. The fourth-order valence-corrected chi connectivity index (χ4v) is 3.22. The molecule has 0 spiro atoms. The molecule has 1 saturated carbocycles. The maximum Gasteiger partial charge on any atom is 0.0522 e. The van der Waals surface area contributed by atoms with Gasteiger partial charge in [0.05, 0.1) is 6.04 Å². The second kappa shape index (κ2) is 4.58. The topological polar surface area (TPSA) is 29.9 Å². The molecule has 0 amide bonds. The van der Waals surface area contributed by atoms with Crippen LogP contribution in [-0.4, -0.2) is 22.9 Å². The molecule has 1 aliphatic heterocycles. The molecule has 3 heteroatoms. The molecule has 1 aromatic rings. The van der Waals surface area contributed by atoms with Crippen LogP contribution in [-0.2, 0) is 0 Å². The summed E-state index contributed by atoms with van der Waals surface area (Å²) in [5.41, 5.74) is 1.49. The van der Waals surface area contributed by atoms with Gasteiger partial charge in [-0.2, -0.15) is 5.10 Å². The molecular formula is C13H21N3. The van der Waals surface area contributed by atoms with E-state index in [1.54, 1.807) is 0 Å². The minimum Gasteiger partial charge on any atom is -0.317 e. The van der Waals surface area contributed by atoms with Gasteiger partial charge in [-0.25, -0.2) is 0 Å². The molecule has 1 N–H and O–H groups in total. The zero-order chi connectivity index (χ0) is 10.8. The summed E-state index contributed by atoms with van der Waals surface area (Å²) in [7, 11) is 0. The summed E-state index contributed by atoms with van der Waals surface area (Å²) in [5.74, 6) is 0.740. The molecule has 0 radical (unpaired) electrons. The molecule has 3 rings (SSSR count). The first kappa shape index (κ1) is 10.3. The molecule has 0 unspecified atom stereocenters. The lowest BCUT2D eigenvalue weighted by Gasteiger charge is -2.25. The van der Waals surface area contributed by atoms with Gasteiger partial charge in [0, 0.05) is 17.8 Å². The van der Waals surface area contributed by atoms with Gasteiger partial charge in [0.1, 0.15) is 0 Å². The highest BCUT2D eigenvalue weighted by Crippen LogP contribution is 2.33. The molecule has 1 aliphatic carbocycles. The van der Waals surface area contributed by atoms with Crippen molar-refractivity contribution in [1.29, 1.82) is 0 Å². The number of nitrogens with one attached hydrogen (secondary N) is 1. The SMILES string of the molecule is c1cc(C2CCNCC2)n(C2CCCC2)n1. The summed E-state index contributed by atoms with van der Waals surface area (Å²) in [6.07, 6.45) is 9.98. The number of aromatic nitrogens is 2. The van der Waals surface area contributed by atoms with Crippen molar-refractivity contribution in [2.75, 3.05) is 13.1 Å². The second-order valence-electron chi connectivity index (χ2n) is 5.16. The monoisotopic (exact) mass is 219 g/mol. The van der Waals surface area contributed by atoms with Gasteiger partial charge >= 0.3 is 0 Å². The first-order valence-corrected chi connectivity index (χ1v) is 6.69. The van der Waals surface area contributed by atoms with E-state index >= 15 is 0 Å². The smallest absolute Gasteiger partial charge is 0.0522 e. The summed E-state index contributed by atoms with van der Waals surface area (Å²) >= 11 is 0. The Hall–Kier alpha value is -0.830. The lowest BCUT2D eigenvalue weighted by atomic mass is 9.94. The predicted molar refractivity (Wildman–Crippen MR) is 64.6 cm³/mol. The number of hydrogen-bond donors (Lipinski definition) is 1. The molecule has 0 aromatic carbocycles. The lowest BCUT2D eigenvalue weighted by molar-refractivity contribution is 0.393. The summed E-state index contributed by atoms with van der Waals surface area (Å²) < 4.78 is 2.34. The van der Waals surface area contributed by atoms with Crippen molar-refractivity contribution >= 4 is 0 Å². The molecule has 2 fully saturated rings. The third-order valence-electron chi connectivity index (χ3n) is 4.13. The predicted octanol–water partition coefficient (Wildman–Crippen LogP) is 2.47. The quantitative estimate of drug-likeness (QED) is 0.828. The Labute approximate surface area is 97.2 Å². The van der Waals surface area contributed by atoms with E-state index in [2.05, 4.69) is 21.2 Å². The fourth-order valence-electron chi connectivity index (χ4n) is 3.22. The van der Waals surface area contributed by atoms with E-state index in [1.807, 2.05) is 6.20 Å². The van der Waals surface area contributed by atoms with Crippen LogP contribution in [0.2, 0.25) is 0 Å². The Morgan fingerprint density at radius 3 is 2.62 bits per heavy atom. The highest BCUT2D eigenvalue weighted by atomic mass is 15.3. The van der Waals surface area contributed by atoms with E-state index in [1.165, 1.54) is 57.3 Å². The van der Waals surface area contributed by atoms with Gasteiger partial charge in [-0.1, -0.05) is 12.8 Å². The Kier molecular flexibility index (Phi) is 2.96. The van der Waals surface area contributed by atoms with Crippen LogP contribution in [0, 0.1) is 0 Å². The zero-order valence-corrected chi connectivity index (χ0v) is 9.86. The van der Waals surface area contributed by atoms with E-state index in [0.29, 0.717) is 6.04 Å². The fraction of sp³-hybridized carbons (Fsp3) is 0.769. The van der Waals surface area contributed by atoms with Gasteiger partial charge in [-0.3, -0.25) is 4.68 Å². The highest BCUT2D eigenvalue weighted by molar-refractivity contribution is 5.10. The van der Waals surface area contributed by atoms with Crippen LogP contribution in [0.3, 0.4) is 0 Å². The van der Waals surface area contributed by atoms with Crippen LogP contribution in [0.5, 0.6) is 0 Å². The van der Waals surface area contributed by atoms with Crippen molar-refractivity contribution < 1.29 is 0 Å². The largest absolute Gasteiger partial charge is 0.317 e. The molecule has 0 atom stereocenters. The van der Waals surface area contributed by atoms with E-state index in [4.69, 9.17) is 0 Å². The first-order chi connectivity index (χ1) is 7.95. The Morgan fingerprint density at radius 2 is 1.88 bits per heavy atom. The van der Waals surface area contributed by atoms with Crippen LogP contribution in [0.4, 0.5) is 0 Å². The number of piperidine rings is 1. The van der Waals surface area contributed by atoms with Gasteiger partial charge in [0.15, 0.2) is 0 Å². The molecular weight excluding hydrogens is 198 g/mol. The molecule has 0 bridgehead atoms. The molecule has 16 heavy (non-hydrogen) atoms. The van der Waals surface area contributed by atoms with Crippen LogP contribution >= 0.6 is 0 Å². The van der Waals surface area contributed by atoms with E-state index in [0.717, 1.165) is 5.92 Å². The highest BCUT2D eigenvalue weighted by Gasteiger charge is 2.24. The number of rotatable bonds is 2. The maximum atomic E-state index is 4.57. The van der Waals surface area contributed by atoms with Crippen molar-refractivity contribution in [3.05, 3.63) is 18.0 Å². The van der Waals surface area contributed by atoms with Crippen molar-refractivity contribution in [3.63, 3.8) is 0 Å². The van der Waals surface area contributed by atoms with Gasteiger partial charge < -0.3 is 5.32 Å². The number of hydrogen-bond acceptors (Lipinski definition) is 2. The molecule has 1 aromatic heterocycles. The van der Waals surface area contributed by atoms with E-state index < -0.39 is 0 Å². The molecule has 88 valence electrons. The average Bonchev–Trinajstić information content (AvgIpc) is 3.01. The average molecular weight is 219 g/mol. The van der Waals surface area contributed by atoms with Gasteiger partial charge in [0.25, 0.3) is 0 Å². The third kappa shape index (κ3) is 1.88. The molecule has 3 nitrogen and oxygen atoms in total. The standard InChI is InChI=1S/C13H21N3/c1-2-4-12(3-1)16-13(7-10-15-16)11-5-8-14-9-6-11/h7,10-12,14H,1-6,8-9H2.